The van der Waals surface area contributed by atoms with E-state index in [0.29, 0.717) is 32.7 Å². The summed E-state index contributed by atoms with van der Waals surface area (Å²) in [5.41, 5.74) is 1.15. The second-order valence-electron chi connectivity index (χ2n) is 6.65. The summed E-state index contributed by atoms with van der Waals surface area (Å²) < 4.78 is 13.6. The van der Waals surface area contributed by atoms with Gasteiger partial charge in [-0.1, -0.05) is 23.7 Å². The van der Waals surface area contributed by atoms with Crippen LogP contribution in [0.2, 0.25) is 5.02 Å². The maximum atomic E-state index is 13.6. The highest BCUT2D eigenvalue weighted by molar-refractivity contribution is 7.13. The van der Waals surface area contributed by atoms with E-state index in [-0.39, 0.29) is 16.5 Å². The molecule has 1 aliphatic rings. The number of amides is 1. The van der Waals surface area contributed by atoms with Crippen molar-refractivity contribution < 1.29 is 9.18 Å². The molecule has 9 heteroatoms. The van der Waals surface area contributed by atoms with Crippen LogP contribution < -0.4 is 5.32 Å². The lowest BCUT2D eigenvalue weighted by atomic mass is 10.1. The molecular formula is C20H19ClFN5OS. The summed E-state index contributed by atoms with van der Waals surface area (Å²) in [5, 5.41) is 5.79. The molecule has 0 unspecified atom stereocenters. The number of hydrogen-bond acceptors (Lipinski definition) is 6. The normalized spacial score (nSPS) is 14.8. The van der Waals surface area contributed by atoms with Crippen LogP contribution in [0.1, 0.15) is 16.1 Å². The number of carbonyl (C=O) groups excluding carboxylic acids is 1. The topological polar surface area (TPSA) is 61.4 Å². The molecule has 1 saturated heterocycles. The maximum Gasteiger partial charge on any atom is 0.255 e. The molecule has 2 aromatic heterocycles. The fourth-order valence-corrected chi connectivity index (χ4v) is 3.95. The summed E-state index contributed by atoms with van der Waals surface area (Å²) in [4.78, 5) is 25.5. The van der Waals surface area contributed by atoms with Crippen LogP contribution in [0, 0.1) is 5.82 Å². The zero-order chi connectivity index (χ0) is 20.2. The zero-order valence-corrected chi connectivity index (χ0v) is 17.1. The number of pyridine rings is 1. The highest BCUT2D eigenvalue weighted by atomic mass is 35.5. The van der Waals surface area contributed by atoms with Gasteiger partial charge in [0.25, 0.3) is 5.91 Å². The minimum Gasteiger partial charge on any atom is -0.336 e. The summed E-state index contributed by atoms with van der Waals surface area (Å²) in [6.07, 6.45) is 1.74. The van der Waals surface area contributed by atoms with Crippen molar-refractivity contribution in [2.45, 2.75) is 6.54 Å². The van der Waals surface area contributed by atoms with E-state index in [9.17, 15) is 9.18 Å². The standard InChI is InChI=1S/C20H19ClFN5OS/c21-18-15(4-2-5-16(18)22)19(28)27-10-8-26(9-11-27)13-14-3-1-6-17(24-14)25-20-23-7-12-29-20/h1-7,12H,8-11,13H2,(H,23,24,25). The quantitative estimate of drug-likeness (QED) is 0.660. The zero-order valence-electron chi connectivity index (χ0n) is 15.5. The molecule has 1 aromatic carbocycles. The van der Waals surface area contributed by atoms with Crippen LogP contribution in [-0.4, -0.2) is 51.9 Å². The van der Waals surface area contributed by atoms with Crippen LogP contribution in [0.15, 0.2) is 48.0 Å². The lowest BCUT2D eigenvalue weighted by Gasteiger charge is -2.34. The average molecular weight is 432 g/mol. The van der Waals surface area contributed by atoms with E-state index in [1.807, 2.05) is 23.6 Å². The Morgan fingerprint density at radius 1 is 1.17 bits per heavy atom. The van der Waals surface area contributed by atoms with E-state index in [4.69, 9.17) is 11.6 Å². The van der Waals surface area contributed by atoms with Crippen LogP contribution >= 0.6 is 22.9 Å². The van der Waals surface area contributed by atoms with Gasteiger partial charge in [-0.2, -0.15) is 0 Å². The number of benzene rings is 1. The number of anilines is 2. The predicted octanol–water partition coefficient (Wildman–Crippen LogP) is 4.03. The molecule has 1 amide bonds. The van der Waals surface area contributed by atoms with Crippen LogP contribution in [0.5, 0.6) is 0 Å². The molecule has 1 fully saturated rings. The molecule has 29 heavy (non-hydrogen) atoms. The highest BCUT2D eigenvalue weighted by Gasteiger charge is 2.24. The largest absolute Gasteiger partial charge is 0.336 e. The third kappa shape index (κ3) is 4.72. The second kappa shape index (κ2) is 8.86. The number of carbonyl (C=O) groups is 1. The number of aromatic nitrogens is 2. The molecule has 0 saturated carbocycles. The van der Waals surface area contributed by atoms with Gasteiger partial charge in [-0.05, 0) is 24.3 Å². The summed E-state index contributed by atoms with van der Waals surface area (Å²) in [6.45, 7) is 3.23. The molecule has 4 rings (SSSR count). The summed E-state index contributed by atoms with van der Waals surface area (Å²) in [5.74, 6) is -0.0533. The number of nitrogens with one attached hydrogen (secondary N) is 1. The minimum absolute atomic E-state index is 0.117. The summed E-state index contributed by atoms with van der Waals surface area (Å²) >= 11 is 7.48. The van der Waals surface area contributed by atoms with Gasteiger partial charge in [-0.25, -0.2) is 14.4 Å². The SMILES string of the molecule is O=C(c1cccc(F)c1Cl)N1CCN(Cc2cccc(Nc3nccs3)n2)CC1. The molecule has 0 radical (unpaired) electrons. The Bertz CT molecular complexity index is 992. The second-order valence-corrected chi connectivity index (χ2v) is 7.92. The number of nitrogens with zero attached hydrogens (tertiary/aromatic N) is 4. The molecule has 0 bridgehead atoms. The number of thiazole rings is 1. The average Bonchev–Trinajstić information content (AvgIpc) is 3.23. The lowest BCUT2D eigenvalue weighted by molar-refractivity contribution is 0.0627. The Hall–Kier alpha value is -2.55. The molecule has 1 aliphatic heterocycles. The van der Waals surface area contributed by atoms with Crippen molar-refractivity contribution in [2.24, 2.45) is 0 Å². The first-order valence-electron chi connectivity index (χ1n) is 9.18. The molecule has 6 nitrogen and oxygen atoms in total. The Labute approximate surface area is 177 Å². The molecule has 1 N–H and O–H groups in total. The third-order valence-electron chi connectivity index (χ3n) is 4.70. The monoisotopic (exact) mass is 431 g/mol. The fourth-order valence-electron chi connectivity index (χ4n) is 3.21. The van der Waals surface area contributed by atoms with E-state index in [1.54, 1.807) is 17.2 Å². The van der Waals surface area contributed by atoms with Gasteiger partial charge in [0.15, 0.2) is 5.13 Å². The Morgan fingerprint density at radius 2 is 1.97 bits per heavy atom. The Kier molecular flexibility index (Phi) is 6.03. The number of piperazine rings is 1. The van der Waals surface area contributed by atoms with Crippen LogP contribution in [0.25, 0.3) is 0 Å². The molecule has 0 spiro atoms. The van der Waals surface area contributed by atoms with Gasteiger partial charge in [0.1, 0.15) is 11.6 Å². The number of halogens is 2. The fraction of sp³-hybridized carbons (Fsp3) is 0.250. The Balaban J connectivity index is 1.34. The molecule has 3 aromatic rings. The lowest BCUT2D eigenvalue weighted by Crippen LogP contribution is -2.48. The van der Waals surface area contributed by atoms with Crippen molar-refractivity contribution in [1.29, 1.82) is 0 Å². The predicted molar refractivity (Wildman–Crippen MR) is 112 cm³/mol. The van der Waals surface area contributed by atoms with Gasteiger partial charge in [-0.3, -0.25) is 9.69 Å². The van der Waals surface area contributed by atoms with Crippen molar-refractivity contribution >= 4 is 39.8 Å². The van der Waals surface area contributed by atoms with E-state index >= 15 is 0 Å². The molecule has 0 aliphatic carbocycles. The van der Waals surface area contributed by atoms with Crippen LogP contribution in [0.3, 0.4) is 0 Å². The number of hydrogen-bond donors (Lipinski definition) is 1. The van der Waals surface area contributed by atoms with Crippen molar-refractivity contribution in [1.82, 2.24) is 19.8 Å². The third-order valence-corrected chi connectivity index (χ3v) is 5.77. The molecule has 150 valence electrons. The van der Waals surface area contributed by atoms with E-state index < -0.39 is 5.82 Å². The first kappa shape index (κ1) is 19.8. The van der Waals surface area contributed by atoms with Gasteiger partial charge in [0.05, 0.1) is 16.3 Å². The first-order valence-corrected chi connectivity index (χ1v) is 10.4. The van der Waals surface area contributed by atoms with Crippen molar-refractivity contribution in [3.63, 3.8) is 0 Å². The maximum absolute atomic E-state index is 13.6. The summed E-state index contributed by atoms with van der Waals surface area (Å²) in [7, 11) is 0. The van der Waals surface area contributed by atoms with E-state index in [0.717, 1.165) is 16.6 Å². The van der Waals surface area contributed by atoms with E-state index in [1.165, 1.54) is 23.5 Å². The molecular weight excluding hydrogens is 413 g/mol. The van der Waals surface area contributed by atoms with Crippen molar-refractivity contribution in [2.75, 3.05) is 31.5 Å². The van der Waals surface area contributed by atoms with Gasteiger partial charge in [0.2, 0.25) is 0 Å². The van der Waals surface area contributed by atoms with Gasteiger partial charge in [0, 0.05) is 44.3 Å². The minimum atomic E-state index is -0.575. The van der Waals surface area contributed by atoms with E-state index in [2.05, 4.69) is 20.2 Å². The number of rotatable bonds is 5. The summed E-state index contributed by atoms with van der Waals surface area (Å²) in [6, 6.07) is 10.2. The Morgan fingerprint density at radius 3 is 2.72 bits per heavy atom. The van der Waals surface area contributed by atoms with Crippen LogP contribution in [-0.2, 0) is 6.54 Å². The van der Waals surface area contributed by atoms with Gasteiger partial charge >= 0.3 is 0 Å². The molecule has 0 atom stereocenters. The van der Waals surface area contributed by atoms with Crippen molar-refractivity contribution in [3.05, 3.63) is 70.1 Å². The van der Waals surface area contributed by atoms with Crippen molar-refractivity contribution in [3.8, 4) is 0 Å². The highest BCUT2D eigenvalue weighted by Crippen LogP contribution is 2.22. The van der Waals surface area contributed by atoms with Gasteiger partial charge < -0.3 is 10.2 Å². The van der Waals surface area contributed by atoms with Gasteiger partial charge in [-0.15, -0.1) is 11.3 Å². The molecule has 3 heterocycles. The van der Waals surface area contributed by atoms with Crippen LogP contribution in [0.4, 0.5) is 15.3 Å². The smallest absolute Gasteiger partial charge is 0.255 e. The first-order chi connectivity index (χ1) is 14.1.